The number of halogens is 2. The molecule has 2 aromatic carbocycles. The van der Waals surface area contributed by atoms with Gasteiger partial charge in [0.05, 0.1) is 19.1 Å². The van der Waals surface area contributed by atoms with E-state index in [1.807, 2.05) is 39.0 Å². The summed E-state index contributed by atoms with van der Waals surface area (Å²) in [7, 11) is 1.72. The second kappa shape index (κ2) is 9.92. The molecular weight excluding hydrogens is 397 g/mol. The highest BCUT2D eigenvalue weighted by atomic mass is 35.5. The van der Waals surface area contributed by atoms with E-state index in [-0.39, 0.29) is 30.9 Å². The molecule has 0 bridgehead atoms. The predicted octanol–water partition coefficient (Wildman–Crippen LogP) is 4.36. The Kier molecular flexibility index (Phi) is 7.87. The second-order valence-corrected chi connectivity index (χ2v) is 7.84. The van der Waals surface area contributed by atoms with E-state index < -0.39 is 0 Å². The molecule has 0 aliphatic carbocycles. The van der Waals surface area contributed by atoms with Crippen LogP contribution in [0, 0.1) is 13.8 Å². The summed E-state index contributed by atoms with van der Waals surface area (Å²) in [6, 6.07) is 10.8. The molecule has 0 unspecified atom stereocenters. The van der Waals surface area contributed by atoms with Crippen LogP contribution in [0.2, 0.25) is 10.0 Å². The van der Waals surface area contributed by atoms with E-state index in [4.69, 9.17) is 23.2 Å². The van der Waals surface area contributed by atoms with E-state index >= 15 is 0 Å². The zero-order chi connectivity index (χ0) is 20.8. The first-order valence-corrected chi connectivity index (χ1v) is 9.71. The SMILES string of the molecule is Cc1ccc(C)c(NC(=O)CN(C)CC(=O)N[C@@H](C)c2ccc(Cl)cc2Cl)c1. The van der Waals surface area contributed by atoms with E-state index in [9.17, 15) is 9.59 Å². The van der Waals surface area contributed by atoms with Crippen LogP contribution >= 0.6 is 23.2 Å². The van der Waals surface area contributed by atoms with Gasteiger partial charge in [0, 0.05) is 15.7 Å². The lowest BCUT2D eigenvalue weighted by Gasteiger charge is -2.20. The summed E-state index contributed by atoms with van der Waals surface area (Å²) in [5.41, 5.74) is 3.64. The molecule has 2 rings (SSSR count). The molecule has 0 saturated heterocycles. The summed E-state index contributed by atoms with van der Waals surface area (Å²) in [4.78, 5) is 26.2. The number of anilines is 1. The maximum atomic E-state index is 12.3. The molecule has 5 nitrogen and oxygen atoms in total. The molecule has 0 aliphatic heterocycles. The Balaban J connectivity index is 1.86. The summed E-state index contributed by atoms with van der Waals surface area (Å²) in [6.07, 6.45) is 0. The van der Waals surface area contributed by atoms with Gasteiger partial charge in [0.2, 0.25) is 11.8 Å². The first-order valence-electron chi connectivity index (χ1n) is 8.95. The zero-order valence-electron chi connectivity index (χ0n) is 16.5. The van der Waals surface area contributed by atoms with Crippen LogP contribution in [-0.2, 0) is 9.59 Å². The van der Waals surface area contributed by atoms with Gasteiger partial charge in [-0.15, -0.1) is 0 Å². The molecule has 2 aromatic rings. The van der Waals surface area contributed by atoms with Crippen molar-refractivity contribution in [2.45, 2.75) is 26.8 Å². The maximum Gasteiger partial charge on any atom is 0.238 e. The monoisotopic (exact) mass is 421 g/mol. The lowest BCUT2D eigenvalue weighted by atomic mass is 10.1. The Bertz CT molecular complexity index is 871. The van der Waals surface area contributed by atoms with Gasteiger partial charge in [-0.05, 0) is 62.7 Å². The van der Waals surface area contributed by atoms with Crippen LogP contribution in [-0.4, -0.2) is 36.9 Å². The van der Waals surface area contributed by atoms with Crippen LogP contribution in [0.5, 0.6) is 0 Å². The van der Waals surface area contributed by atoms with Gasteiger partial charge in [-0.25, -0.2) is 0 Å². The molecule has 0 saturated carbocycles. The molecule has 0 fully saturated rings. The third kappa shape index (κ3) is 6.51. The van der Waals surface area contributed by atoms with Crippen molar-refractivity contribution < 1.29 is 9.59 Å². The number of benzene rings is 2. The maximum absolute atomic E-state index is 12.3. The number of amides is 2. The Morgan fingerprint density at radius 3 is 2.39 bits per heavy atom. The second-order valence-electron chi connectivity index (χ2n) is 6.99. The van der Waals surface area contributed by atoms with Gasteiger partial charge >= 0.3 is 0 Å². The topological polar surface area (TPSA) is 61.4 Å². The average molecular weight is 422 g/mol. The molecule has 7 heteroatoms. The molecule has 0 heterocycles. The summed E-state index contributed by atoms with van der Waals surface area (Å²) >= 11 is 12.1. The number of carbonyl (C=O) groups is 2. The van der Waals surface area contributed by atoms with Crippen molar-refractivity contribution in [1.82, 2.24) is 10.2 Å². The standard InChI is InChI=1S/C21H25Cl2N3O2/c1-13-5-6-14(2)19(9-13)25-21(28)12-26(4)11-20(27)24-15(3)17-8-7-16(22)10-18(17)23/h5-10,15H,11-12H2,1-4H3,(H,24,27)(H,25,28)/t15-/m0/s1. The predicted molar refractivity (Wildman–Crippen MR) is 115 cm³/mol. The number of nitrogens with zero attached hydrogens (tertiary/aromatic N) is 1. The molecule has 0 radical (unpaired) electrons. The van der Waals surface area contributed by atoms with Crippen LogP contribution in [0.15, 0.2) is 36.4 Å². The molecule has 2 N–H and O–H groups in total. The van der Waals surface area contributed by atoms with Crippen molar-refractivity contribution in [1.29, 1.82) is 0 Å². The highest BCUT2D eigenvalue weighted by Gasteiger charge is 2.16. The minimum atomic E-state index is -0.269. The number of nitrogens with one attached hydrogen (secondary N) is 2. The fourth-order valence-electron chi connectivity index (χ4n) is 2.82. The first-order chi connectivity index (χ1) is 13.2. The minimum absolute atomic E-state index is 0.0930. The third-order valence-corrected chi connectivity index (χ3v) is 4.86. The van der Waals surface area contributed by atoms with E-state index in [0.717, 1.165) is 22.4 Å². The fourth-order valence-corrected chi connectivity index (χ4v) is 3.40. The van der Waals surface area contributed by atoms with Crippen molar-refractivity contribution in [2.75, 3.05) is 25.5 Å². The Morgan fingerprint density at radius 2 is 1.71 bits per heavy atom. The van der Waals surface area contributed by atoms with Crippen molar-refractivity contribution >= 4 is 40.7 Å². The number of likely N-dealkylation sites (N-methyl/N-ethyl adjacent to an activating group) is 1. The molecule has 0 spiro atoms. The zero-order valence-corrected chi connectivity index (χ0v) is 18.0. The van der Waals surface area contributed by atoms with Gasteiger partial charge in [0.15, 0.2) is 0 Å². The Morgan fingerprint density at radius 1 is 1.04 bits per heavy atom. The molecule has 0 aliphatic rings. The normalized spacial score (nSPS) is 12.0. The summed E-state index contributed by atoms with van der Waals surface area (Å²) in [6.45, 7) is 5.96. The summed E-state index contributed by atoms with van der Waals surface area (Å²) in [5.74, 6) is -0.363. The highest BCUT2D eigenvalue weighted by molar-refractivity contribution is 6.35. The van der Waals surface area contributed by atoms with E-state index in [1.54, 1.807) is 30.1 Å². The van der Waals surface area contributed by atoms with Crippen LogP contribution in [0.4, 0.5) is 5.69 Å². The lowest BCUT2D eigenvalue weighted by Crippen LogP contribution is -2.39. The van der Waals surface area contributed by atoms with E-state index in [2.05, 4.69) is 10.6 Å². The van der Waals surface area contributed by atoms with Crippen molar-refractivity contribution in [3.05, 3.63) is 63.1 Å². The van der Waals surface area contributed by atoms with Crippen LogP contribution in [0.1, 0.15) is 29.7 Å². The third-order valence-electron chi connectivity index (χ3n) is 4.30. The van der Waals surface area contributed by atoms with Crippen LogP contribution in [0.3, 0.4) is 0 Å². The van der Waals surface area contributed by atoms with Gasteiger partial charge in [-0.3, -0.25) is 14.5 Å². The Hall–Kier alpha value is -2.08. The van der Waals surface area contributed by atoms with Gasteiger partial charge in [-0.2, -0.15) is 0 Å². The van der Waals surface area contributed by atoms with Crippen molar-refractivity contribution in [2.24, 2.45) is 0 Å². The largest absolute Gasteiger partial charge is 0.348 e. The van der Waals surface area contributed by atoms with Gasteiger partial charge in [-0.1, -0.05) is 41.4 Å². The van der Waals surface area contributed by atoms with Crippen LogP contribution < -0.4 is 10.6 Å². The van der Waals surface area contributed by atoms with E-state index in [0.29, 0.717) is 10.0 Å². The molecular formula is C21H25Cl2N3O2. The first kappa shape index (κ1) is 22.2. The number of hydrogen-bond donors (Lipinski definition) is 2. The molecule has 150 valence electrons. The summed E-state index contributed by atoms with van der Waals surface area (Å²) < 4.78 is 0. The minimum Gasteiger partial charge on any atom is -0.348 e. The van der Waals surface area contributed by atoms with E-state index in [1.165, 1.54) is 0 Å². The number of aryl methyl sites for hydroxylation is 2. The fraction of sp³-hybridized carbons (Fsp3) is 0.333. The smallest absolute Gasteiger partial charge is 0.238 e. The molecule has 28 heavy (non-hydrogen) atoms. The summed E-state index contributed by atoms with van der Waals surface area (Å²) in [5, 5.41) is 6.82. The lowest BCUT2D eigenvalue weighted by molar-refractivity contribution is -0.123. The van der Waals surface area contributed by atoms with Gasteiger partial charge in [0.25, 0.3) is 0 Å². The van der Waals surface area contributed by atoms with Gasteiger partial charge < -0.3 is 10.6 Å². The number of hydrogen-bond acceptors (Lipinski definition) is 3. The van der Waals surface area contributed by atoms with Gasteiger partial charge in [0.1, 0.15) is 0 Å². The molecule has 1 atom stereocenters. The average Bonchev–Trinajstić information content (AvgIpc) is 2.57. The molecule has 2 amide bonds. The quantitative estimate of drug-likeness (QED) is 0.697. The molecule has 0 aromatic heterocycles. The number of carbonyl (C=O) groups excluding carboxylic acids is 2. The van der Waals surface area contributed by atoms with Crippen molar-refractivity contribution in [3.8, 4) is 0 Å². The van der Waals surface area contributed by atoms with Crippen LogP contribution in [0.25, 0.3) is 0 Å². The highest BCUT2D eigenvalue weighted by Crippen LogP contribution is 2.26. The van der Waals surface area contributed by atoms with Crippen molar-refractivity contribution in [3.63, 3.8) is 0 Å². The number of rotatable bonds is 7. The Labute approximate surface area is 176 Å².